The number of hydrogen-bond acceptors (Lipinski definition) is 10. The average molecular weight is 737 g/mol. The van der Waals surface area contributed by atoms with E-state index in [-0.39, 0.29) is 18.8 Å². The van der Waals surface area contributed by atoms with Gasteiger partial charge in [0.25, 0.3) is 0 Å². The minimum atomic E-state index is -3.89. The molecule has 50 heavy (non-hydrogen) atoms. The maximum absolute atomic E-state index is 13.8. The minimum Gasteiger partial charge on any atom is -0.481 e. The summed E-state index contributed by atoms with van der Waals surface area (Å²) in [5.74, 6) is -5.49. The van der Waals surface area contributed by atoms with Gasteiger partial charge in [0, 0.05) is 6.26 Å². The number of carboxylic acids is 1. The topological polar surface area (TPSA) is 223 Å². The largest absolute Gasteiger partial charge is 0.481 e. The van der Waals surface area contributed by atoms with Crippen LogP contribution in [-0.4, -0.2) is 80.3 Å². The van der Waals surface area contributed by atoms with Gasteiger partial charge >= 0.3 is 18.0 Å². The molecular formula is C33H41ClN4O11S. The highest BCUT2D eigenvalue weighted by Crippen LogP contribution is 2.17. The van der Waals surface area contributed by atoms with Crippen molar-refractivity contribution in [2.24, 2.45) is 5.92 Å². The van der Waals surface area contributed by atoms with Gasteiger partial charge in [-0.25, -0.2) is 13.2 Å². The van der Waals surface area contributed by atoms with E-state index in [4.69, 9.17) is 21.1 Å². The summed E-state index contributed by atoms with van der Waals surface area (Å²) >= 11 is 5.90. The highest BCUT2D eigenvalue weighted by atomic mass is 35.5. The van der Waals surface area contributed by atoms with Crippen LogP contribution in [0, 0.1) is 5.92 Å². The van der Waals surface area contributed by atoms with E-state index >= 15 is 0 Å². The predicted molar refractivity (Wildman–Crippen MR) is 182 cm³/mol. The van der Waals surface area contributed by atoms with Crippen molar-refractivity contribution in [3.8, 4) is 0 Å². The molecule has 0 saturated carbocycles. The van der Waals surface area contributed by atoms with E-state index in [1.807, 2.05) is 0 Å². The Kier molecular flexibility index (Phi) is 16.4. The van der Waals surface area contributed by atoms with Gasteiger partial charge in [-0.2, -0.15) is 0 Å². The summed E-state index contributed by atoms with van der Waals surface area (Å²) in [7, 11) is -3.89. The van der Waals surface area contributed by atoms with Gasteiger partial charge in [-0.05, 0) is 30.0 Å². The minimum absolute atomic E-state index is 0.0258. The van der Waals surface area contributed by atoms with Crippen molar-refractivity contribution in [3.63, 3.8) is 0 Å². The Balaban J connectivity index is 2.31. The number of carboxylic acid groups (broad SMARTS) is 1. The number of benzene rings is 2. The van der Waals surface area contributed by atoms with E-state index in [0.29, 0.717) is 5.56 Å². The molecule has 15 nitrogen and oxygen atoms in total. The molecule has 0 saturated heterocycles. The Morgan fingerprint density at radius 1 is 0.820 bits per heavy atom. The molecule has 4 amide bonds. The third-order valence-electron chi connectivity index (χ3n) is 6.83. The van der Waals surface area contributed by atoms with Crippen LogP contribution < -0.4 is 21.3 Å². The molecule has 0 radical (unpaired) electrons. The highest BCUT2D eigenvalue weighted by molar-refractivity contribution is 7.96. The van der Waals surface area contributed by atoms with Gasteiger partial charge in [0.05, 0.1) is 25.5 Å². The molecule has 5 N–H and O–H groups in total. The molecule has 0 aromatic heterocycles. The van der Waals surface area contributed by atoms with Gasteiger partial charge in [0.1, 0.15) is 29.1 Å². The highest BCUT2D eigenvalue weighted by Gasteiger charge is 2.33. The number of carbonyl (C=O) groups excluding carboxylic acids is 5. The van der Waals surface area contributed by atoms with Crippen molar-refractivity contribution in [2.75, 3.05) is 12.9 Å². The second kappa shape index (κ2) is 19.9. The maximum Gasteiger partial charge on any atom is 0.408 e. The number of nitrogens with one attached hydrogen (secondary N) is 4. The first kappa shape index (κ1) is 41.2. The zero-order valence-corrected chi connectivity index (χ0v) is 29.5. The van der Waals surface area contributed by atoms with Crippen molar-refractivity contribution >= 4 is 57.2 Å². The molecule has 2 aromatic carbocycles. The van der Waals surface area contributed by atoms with Gasteiger partial charge < -0.3 is 35.8 Å². The Hall–Kier alpha value is -4.96. The fourth-order valence-corrected chi connectivity index (χ4v) is 4.92. The third kappa shape index (κ3) is 14.3. The first-order valence-corrected chi connectivity index (χ1v) is 17.7. The molecular weight excluding hydrogens is 696 g/mol. The summed E-state index contributed by atoms with van der Waals surface area (Å²) in [6.45, 7) is 4.65. The van der Waals surface area contributed by atoms with Gasteiger partial charge in [-0.1, -0.05) is 86.1 Å². The van der Waals surface area contributed by atoms with Crippen LogP contribution >= 0.6 is 11.6 Å². The molecule has 4 atom stereocenters. The number of ether oxygens (including phenoxy) is 2. The zero-order chi connectivity index (χ0) is 37.4. The number of aliphatic carboxylic acids is 1. The lowest BCUT2D eigenvalue weighted by molar-refractivity contribution is -0.143. The van der Waals surface area contributed by atoms with Crippen molar-refractivity contribution in [1.82, 2.24) is 21.3 Å². The molecule has 0 heterocycles. The van der Waals surface area contributed by atoms with Crippen molar-refractivity contribution in [2.45, 2.75) is 64.4 Å². The van der Waals surface area contributed by atoms with Crippen LogP contribution in [0.15, 0.2) is 71.1 Å². The molecule has 2 aromatic rings. The lowest BCUT2D eigenvalue weighted by atomic mass is 10.00. The van der Waals surface area contributed by atoms with E-state index in [1.54, 1.807) is 69.3 Å². The molecule has 0 aliphatic carbocycles. The van der Waals surface area contributed by atoms with E-state index in [1.165, 1.54) is 12.1 Å². The summed E-state index contributed by atoms with van der Waals surface area (Å²) < 4.78 is 33.3. The van der Waals surface area contributed by atoms with Gasteiger partial charge in [-0.3, -0.25) is 24.0 Å². The van der Waals surface area contributed by atoms with Gasteiger partial charge in [0.15, 0.2) is 9.84 Å². The van der Waals surface area contributed by atoms with E-state index in [9.17, 15) is 42.3 Å². The number of esters is 1. The van der Waals surface area contributed by atoms with Crippen LogP contribution in [0.1, 0.15) is 50.8 Å². The molecule has 0 aliphatic heterocycles. The molecule has 0 fully saturated rings. The Labute approximate surface area is 295 Å². The molecule has 17 heteroatoms. The second-order valence-corrected chi connectivity index (χ2v) is 13.9. The quantitative estimate of drug-likeness (QED) is 0.140. The van der Waals surface area contributed by atoms with E-state index < -0.39 is 92.9 Å². The standard InChI is InChI=1S/C33H41ClN4O11S/c1-5-48-27(41)17-23(16-25(34)50(4,46)47)35-31(43)28(20(2)3)37-32(44)29(22-14-10-7-11-15-22)38-30(42)24(18-26(39)40)36-33(45)49-19-21-12-8-6-9-13-21/h6-16,20,23-24,28-29H,5,17-19H2,1-4H3,(H,35,43)(H,36,45)(H,37,44)(H,38,42)(H,39,40)/b25-16+/t23-,24+,28-,29+/m1/s1. The van der Waals surface area contributed by atoms with Crippen LogP contribution in [0.3, 0.4) is 0 Å². The number of hydrogen-bond donors (Lipinski definition) is 5. The number of rotatable bonds is 18. The van der Waals surface area contributed by atoms with Crippen molar-refractivity contribution in [3.05, 3.63) is 82.2 Å². The number of alkyl carbamates (subject to hydrolysis) is 1. The van der Waals surface area contributed by atoms with Crippen LogP contribution in [0.25, 0.3) is 0 Å². The first-order chi connectivity index (χ1) is 23.5. The second-order valence-electron chi connectivity index (χ2n) is 11.3. The lowest BCUT2D eigenvalue weighted by Crippen LogP contribution is -2.56. The van der Waals surface area contributed by atoms with Crippen molar-refractivity contribution in [1.29, 1.82) is 0 Å². The van der Waals surface area contributed by atoms with E-state index in [2.05, 4.69) is 21.3 Å². The Bertz CT molecular complexity index is 1640. The Morgan fingerprint density at radius 3 is 1.96 bits per heavy atom. The lowest BCUT2D eigenvalue weighted by Gasteiger charge is -2.27. The average Bonchev–Trinajstić information content (AvgIpc) is 3.04. The number of amides is 4. The number of carbonyl (C=O) groups is 6. The molecule has 2 rings (SSSR count). The van der Waals surface area contributed by atoms with Gasteiger partial charge in [-0.15, -0.1) is 0 Å². The number of sulfone groups is 1. The summed E-state index contributed by atoms with van der Waals surface area (Å²) in [4.78, 5) is 77.0. The summed E-state index contributed by atoms with van der Waals surface area (Å²) in [5, 5.41) is 19.2. The monoisotopic (exact) mass is 736 g/mol. The van der Waals surface area contributed by atoms with Crippen LogP contribution in [0.5, 0.6) is 0 Å². The van der Waals surface area contributed by atoms with Crippen LogP contribution in [-0.2, 0) is 49.9 Å². The van der Waals surface area contributed by atoms with E-state index in [0.717, 1.165) is 12.3 Å². The zero-order valence-electron chi connectivity index (χ0n) is 27.9. The first-order valence-electron chi connectivity index (χ1n) is 15.4. The number of halogens is 1. The normalized spacial score (nSPS) is 13.9. The van der Waals surface area contributed by atoms with Gasteiger partial charge in [0.2, 0.25) is 17.7 Å². The van der Waals surface area contributed by atoms with Crippen molar-refractivity contribution < 1.29 is 51.8 Å². The summed E-state index contributed by atoms with van der Waals surface area (Å²) in [5.41, 5.74) is 0.901. The third-order valence-corrected chi connectivity index (χ3v) is 8.65. The molecule has 272 valence electrons. The molecule has 0 unspecified atom stereocenters. The molecule has 0 bridgehead atoms. The smallest absolute Gasteiger partial charge is 0.408 e. The summed E-state index contributed by atoms with van der Waals surface area (Å²) in [6, 6.07) is 10.8. The van der Waals surface area contributed by atoms with Crippen LogP contribution in [0.4, 0.5) is 4.79 Å². The fourth-order valence-electron chi connectivity index (χ4n) is 4.36. The summed E-state index contributed by atoms with van der Waals surface area (Å²) in [6.07, 6.45) is -0.585. The SMILES string of the molecule is CCOC(=O)C[C@@H](/C=C(\Cl)S(C)(=O)=O)NC(=O)[C@H](NC(=O)[C@@H](NC(=O)[C@H](CC(=O)O)NC(=O)OCc1ccccc1)c1ccccc1)C(C)C. The Morgan fingerprint density at radius 2 is 1.42 bits per heavy atom. The van der Waals surface area contributed by atoms with Crippen LogP contribution in [0.2, 0.25) is 0 Å². The maximum atomic E-state index is 13.8. The predicted octanol–water partition coefficient (Wildman–Crippen LogP) is 2.32. The molecule has 0 aliphatic rings. The molecule has 0 spiro atoms. The fraction of sp³-hybridized carbons (Fsp3) is 0.394.